The van der Waals surface area contributed by atoms with Gasteiger partial charge in [-0.1, -0.05) is 23.4 Å². The molecular weight excluding hydrogens is 400 g/mol. The summed E-state index contributed by atoms with van der Waals surface area (Å²) in [6.07, 6.45) is 4.80. The Labute approximate surface area is 176 Å². The predicted molar refractivity (Wildman–Crippen MR) is 118 cm³/mol. The molecule has 4 aromatic heterocycles. The molecule has 0 unspecified atom stereocenters. The topological polar surface area (TPSA) is 71.8 Å². The summed E-state index contributed by atoms with van der Waals surface area (Å²) in [7, 11) is 0. The zero-order valence-corrected chi connectivity index (χ0v) is 17.6. The number of nitrogens with zero attached hydrogens (tertiary/aromatic N) is 5. The van der Waals surface area contributed by atoms with E-state index in [0.29, 0.717) is 0 Å². The molecule has 0 spiro atoms. The van der Waals surface area contributed by atoms with Crippen LogP contribution < -0.4 is 0 Å². The largest absolute Gasteiger partial charge is 0.303 e. The zero-order chi connectivity index (χ0) is 19.6. The van der Waals surface area contributed by atoms with E-state index in [1.165, 1.54) is 26.9 Å². The summed E-state index contributed by atoms with van der Waals surface area (Å²) in [5.74, 6) is 1.73. The van der Waals surface area contributed by atoms with E-state index < -0.39 is 0 Å². The number of H-pyrrole nitrogens is 1. The molecule has 0 amide bonds. The van der Waals surface area contributed by atoms with Gasteiger partial charge in [-0.05, 0) is 59.2 Å². The average Bonchev–Trinajstić information content (AvgIpc) is 3.46. The third-order valence-corrected chi connectivity index (χ3v) is 7.10. The van der Waals surface area contributed by atoms with E-state index in [1.54, 1.807) is 0 Å². The number of imidazole rings is 1. The Morgan fingerprint density at radius 3 is 3.03 bits per heavy atom. The van der Waals surface area contributed by atoms with Crippen LogP contribution in [-0.4, -0.2) is 35.8 Å². The van der Waals surface area contributed by atoms with Gasteiger partial charge in [-0.15, -0.1) is 33.3 Å². The average molecular weight is 421 g/mol. The number of aryl methyl sites for hydroxylation is 2. The highest BCUT2D eigenvalue weighted by Gasteiger charge is 2.16. The molecule has 0 aliphatic carbocycles. The summed E-state index contributed by atoms with van der Waals surface area (Å²) in [6.45, 7) is 2.20. The smallest absolute Gasteiger partial charge is 0.174 e. The normalized spacial score (nSPS) is 11.6. The van der Waals surface area contributed by atoms with Crippen LogP contribution in [0.3, 0.4) is 0 Å². The van der Waals surface area contributed by atoms with Gasteiger partial charge in [0.25, 0.3) is 0 Å². The summed E-state index contributed by atoms with van der Waals surface area (Å²) in [6, 6.07) is 12.7. The number of thiophene rings is 1. The molecule has 8 heteroatoms. The van der Waals surface area contributed by atoms with Crippen molar-refractivity contribution in [3.63, 3.8) is 0 Å². The van der Waals surface area contributed by atoms with Gasteiger partial charge in [0, 0.05) is 23.7 Å². The van der Waals surface area contributed by atoms with E-state index in [0.717, 1.165) is 41.5 Å². The van der Waals surface area contributed by atoms with Crippen LogP contribution >= 0.6 is 23.1 Å². The highest BCUT2D eigenvalue weighted by molar-refractivity contribution is 7.99. The van der Waals surface area contributed by atoms with Crippen LogP contribution in [0.15, 0.2) is 53.0 Å². The summed E-state index contributed by atoms with van der Waals surface area (Å²) >= 11 is 3.63. The van der Waals surface area contributed by atoms with E-state index in [1.807, 2.05) is 29.2 Å². The van der Waals surface area contributed by atoms with E-state index in [-0.39, 0.29) is 0 Å². The molecule has 0 aliphatic heterocycles. The number of fused-ring (bicyclic) bond motifs is 2. The molecule has 0 aliphatic rings. The summed E-state index contributed by atoms with van der Waals surface area (Å²) in [5.41, 5.74) is 4.97. The van der Waals surface area contributed by atoms with E-state index in [2.05, 4.69) is 73.9 Å². The molecule has 1 aromatic carbocycles. The second-order valence-electron chi connectivity index (χ2n) is 6.96. The Kier molecular flexibility index (Phi) is 5.03. The Morgan fingerprint density at radius 2 is 2.14 bits per heavy atom. The first-order valence-corrected chi connectivity index (χ1v) is 11.4. The first kappa shape index (κ1) is 18.3. The fraction of sp³-hybridized carbons (Fsp3) is 0.238. The number of hydrogen-bond acceptors (Lipinski definition) is 6. The summed E-state index contributed by atoms with van der Waals surface area (Å²) in [4.78, 5) is 4.91. The molecular formula is C21H20N6S2. The Hall–Kier alpha value is -2.71. The van der Waals surface area contributed by atoms with Crippen LogP contribution in [0.1, 0.15) is 29.1 Å². The number of aromatic amines is 1. The van der Waals surface area contributed by atoms with Crippen LogP contribution in [0.5, 0.6) is 0 Å². The molecule has 0 radical (unpaired) electrons. The van der Waals surface area contributed by atoms with Crippen molar-refractivity contribution in [1.29, 1.82) is 0 Å². The summed E-state index contributed by atoms with van der Waals surface area (Å²) < 4.78 is 3.58. The van der Waals surface area contributed by atoms with Crippen molar-refractivity contribution < 1.29 is 0 Å². The number of thioether (sulfide) groups is 1. The third-order valence-electron chi connectivity index (χ3n) is 5.01. The zero-order valence-electron chi connectivity index (χ0n) is 16.0. The van der Waals surface area contributed by atoms with E-state index in [4.69, 9.17) is 4.98 Å². The van der Waals surface area contributed by atoms with Gasteiger partial charge < -0.3 is 4.40 Å². The van der Waals surface area contributed by atoms with Crippen molar-refractivity contribution in [3.8, 4) is 0 Å². The van der Waals surface area contributed by atoms with Crippen molar-refractivity contribution in [2.45, 2.75) is 31.2 Å². The lowest BCUT2D eigenvalue weighted by Gasteiger charge is -2.06. The van der Waals surface area contributed by atoms with Crippen molar-refractivity contribution in [2.24, 2.45) is 0 Å². The van der Waals surface area contributed by atoms with Gasteiger partial charge in [0.15, 0.2) is 5.82 Å². The highest BCUT2D eigenvalue weighted by atomic mass is 32.2. The molecule has 1 N–H and O–H groups in total. The molecule has 6 nitrogen and oxygen atoms in total. The second-order valence-corrected chi connectivity index (χ2v) is 8.95. The standard InChI is InChI=1S/C21H20N6S2/c1-14-6-4-7-17-20(14)15(13-29-17)12-16-21(22-19-9-2-3-10-27(16)19)28-11-5-8-18-23-25-26-24-18/h2-4,6-7,9-10,13H,5,8,11-12H2,1H3,(H,23,24,25,26). The second kappa shape index (κ2) is 7.96. The lowest BCUT2D eigenvalue weighted by molar-refractivity contribution is 0.846. The summed E-state index contributed by atoms with van der Waals surface area (Å²) in [5, 5.41) is 19.0. The first-order chi connectivity index (χ1) is 14.3. The number of rotatable bonds is 7. The lowest BCUT2D eigenvalue weighted by atomic mass is 10.0. The maximum atomic E-state index is 4.91. The van der Waals surface area contributed by atoms with Gasteiger partial charge in [0.05, 0.1) is 5.69 Å². The van der Waals surface area contributed by atoms with Crippen molar-refractivity contribution in [3.05, 3.63) is 70.6 Å². The molecule has 4 heterocycles. The Bertz CT molecular complexity index is 1260. The van der Waals surface area contributed by atoms with Gasteiger partial charge in [0.1, 0.15) is 10.7 Å². The highest BCUT2D eigenvalue weighted by Crippen LogP contribution is 2.33. The molecule has 146 valence electrons. The molecule has 0 bridgehead atoms. The molecule has 5 rings (SSSR count). The van der Waals surface area contributed by atoms with Crippen LogP contribution in [-0.2, 0) is 12.8 Å². The maximum Gasteiger partial charge on any atom is 0.174 e. The Morgan fingerprint density at radius 1 is 1.17 bits per heavy atom. The maximum absolute atomic E-state index is 4.91. The van der Waals surface area contributed by atoms with E-state index >= 15 is 0 Å². The van der Waals surface area contributed by atoms with Crippen LogP contribution in [0, 0.1) is 6.92 Å². The number of aromatic nitrogens is 6. The van der Waals surface area contributed by atoms with Gasteiger partial charge in [-0.2, -0.15) is 5.21 Å². The SMILES string of the molecule is Cc1cccc2scc(Cc3c(SCCCc4nn[nH]n4)nc4ccccn34)c12. The van der Waals surface area contributed by atoms with Gasteiger partial charge in [-0.25, -0.2) is 4.98 Å². The molecule has 0 atom stereocenters. The molecule has 0 fully saturated rings. The number of hydrogen-bond donors (Lipinski definition) is 1. The molecule has 0 saturated carbocycles. The number of pyridine rings is 1. The molecule has 29 heavy (non-hydrogen) atoms. The van der Waals surface area contributed by atoms with Gasteiger partial charge >= 0.3 is 0 Å². The molecule has 5 aromatic rings. The first-order valence-electron chi connectivity index (χ1n) is 9.56. The minimum atomic E-state index is 0.765. The fourth-order valence-corrected chi connectivity index (χ4v) is 5.66. The van der Waals surface area contributed by atoms with Crippen molar-refractivity contribution in [1.82, 2.24) is 30.0 Å². The minimum absolute atomic E-state index is 0.765. The van der Waals surface area contributed by atoms with Crippen LogP contribution in [0.4, 0.5) is 0 Å². The monoisotopic (exact) mass is 420 g/mol. The van der Waals surface area contributed by atoms with Gasteiger partial charge in [-0.3, -0.25) is 0 Å². The third kappa shape index (κ3) is 3.65. The van der Waals surface area contributed by atoms with Crippen LogP contribution in [0.25, 0.3) is 15.7 Å². The quantitative estimate of drug-likeness (QED) is 0.306. The van der Waals surface area contributed by atoms with E-state index in [9.17, 15) is 0 Å². The molecule has 0 saturated heterocycles. The lowest BCUT2D eigenvalue weighted by Crippen LogP contribution is -1.97. The number of benzene rings is 1. The van der Waals surface area contributed by atoms with Crippen molar-refractivity contribution in [2.75, 3.05) is 5.75 Å². The van der Waals surface area contributed by atoms with Gasteiger partial charge in [0.2, 0.25) is 0 Å². The Balaban J connectivity index is 1.43. The van der Waals surface area contributed by atoms with Crippen LogP contribution in [0.2, 0.25) is 0 Å². The number of tetrazole rings is 1. The fourth-order valence-electron chi connectivity index (χ4n) is 3.64. The predicted octanol–water partition coefficient (Wildman–Crippen LogP) is 4.69. The number of nitrogens with one attached hydrogen (secondary N) is 1. The van der Waals surface area contributed by atoms with Crippen molar-refractivity contribution >= 4 is 38.8 Å². The minimum Gasteiger partial charge on any atom is -0.303 e.